The summed E-state index contributed by atoms with van der Waals surface area (Å²) >= 11 is 2.80. The number of nitrogens with zero attached hydrogens (tertiary/aromatic N) is 3. The van der Waals surface area contributed by atoms with Crippen molar-refractivity contribution in [3.63, 3.8) is 0 Å². The highest BCUT2D eigenvalue weighted by Gasteiger charge is 2.22. The van der Waals surface area contributed by atoms with Crippen molar-refractivity contribution in [2.45, 2.75) is 30.8 Å². The summed E-state index contributed by atoms with van der Waals surface area (Å²) in [6, 6.07) is 11.5. The molecule has 0 aliphatic heterocycles. The van der Waals surface area contributed by atoms with E-state index in [1.165, 1.54) is 30.0 Å². The molecule has 0 fully saturated rings. The van der Waals surface area contributed by atoms with Gasteiger partial charge < -0.3 is 5.32 Å². The standard InChI is InChI=1S/C18H17N5O2S2/c1-10(16(25)15-8-7-12(27-15)9-19-11(2)24)26-18-22-21-17-20-13-5-3-4-6-14(13)23(17)18/h3-8,10H,9H2,1-2H3,(H,19,24)(H,20,21)/t10-/m1/s1. The predicted molar refractivity (Wildman–Crippen MR) is 106 cm³/mol. The molecule has 0 aliphatic carbocycles. The summed E-state index contributed by atoms with van der Waals surface area (Å²) in [5, 5.41) is 10.4. The number of para-hydroxylation sites is 2. The van der Waals surface area contributed by atoms with Gasteiger partial charge in [-0.3, -0.25) is 14.0 Å². The molecule has 3 heterocycles. The Morgan fingerprint density at radius 3 is 2.93 bits per heavy atom. The molecule has 7 nitrogen and oxygen atoms in total. The van der Waals surface area contributed by atoms with Crippen molar-refractivity contribution >= 4 is 51.6 Å². The lowest BCUT2D eigenvalue weighted by atomic mass is 10.2. The second-order valence-corrected chi connectivity index (χ2v) is 8.54. The number of aromatic amines is 1. The molecule has 27 heavy (non-hydrogen) atoms. The van der Waals surface area contributed by atoms with E-state index in [0.717, 1.165) is 15.9 Å². The number of carbonyl (C=O) groups is 2. The molecule has 0 unspecified atom stereocenters. The SMILES string of the molecule is CC(=O)NCc1ccc(C(=O)[C@@H](C)Sc2n[nH]c3nc4ccccc4n23)s1. The van der Waals surface area contributed by atoms with Crippen LogP contribution in [0.3, 0.4) is 0 Å². The first-order chi connectivity index (χ1) is 13.0. The van der Waals surface area contributed by atoms with Gasteiger partial charge in [0.25, 0.3) is 0 Å². The van der Waals surface area contributed by atoms with Crippen molar-refractivity contribution < 1.29 is 9.59 Å². The van der Waals surface area contributed by atoms with Gasteiger partial charge in [0.05, 0.1) is 27.7 Å². The Balaban J connectivity index is 1.53. The summed E-state index contributed by atoms with van der Waals surface area (Å²) in [7, 11) is 0. The van der Waals surface area contributed by atoms with E-state index < -0.39 is 0 Å². The Kier molecular flexibility index (Phi) is 4.71. The van der Waals surface area contributed by atoms with E-state index in [4.69, 9.17) is 0 Å². The van der Waals surface area contributed by atoms with Crippen LogP contribution < -0.4 is 5.32 Å². The lowest BCUT2D eigenvalue weighted by Crippen LogP contribution is -2.18. The average Bonchev–Trinajstić information content (AvgIpc) is 3.35. The molecular formula is C18H17N5O2S2. The smallest absolute Gasteiger partial charge is 0.231 e. The van der Waals surface area contributed by atoms with E-state index in [2.05, 4.69) is 20.5 Å². The van der Waals surface area contributed by atoms with Gasteiger partial charge in [-0.2, -0.15) is 0 Å². The molecule has 4 aromatic rings. The van der Waals surface area contributed by atoms with Crippen LogP contribution in [0, 0.1) is 0 Å². The highest BCUT2D eigenvalue weighted by molar-refractivity contribution is 8.00. The van der Waals surface area contributed by atoms with Crippen molar-refractivity contribution in [2.24, 2.45) is 0 Å². The number of benzene rings is 1. The van der Waals surface area contributed by atoms with Gasteiger partial charge in [0, 0.05) is 11.8 Å². The number of ketones is 1. The van der Waals surface area contributed by atoms with Crippen LogP contribution in [0.25, 0.3) is 16.8 Å². The minimum atomic E-state index is -0.301. The summed E-state index contributed by atoms with van der Waals surface area (Å²) in [5.74, 6) is 0.613. The number of Topliss-reactive ketones (excluding diaryl/α,β-unsaturated/α-hetero) is 1. The number of thioether (sulfide) groups is 1. The Labute approximate surface area is 163 Å². The molecule has 0 aliphatic rings. The van der Waals surface area contributed by atoms with E-state index in [-0.39, 0.29) is 16.9 Å². The fraction of sp³-hybridized carbons (Fsp3) is 0.222. The molecule has 138 valence electrons. The molecule has 4 rings (SSSR count). The van der Waals surface area contributed by atoms with Gasteiger partial charge in [0.1, 0.15) is 0 Å². The molecule has 1 amide bonds. The van der Waals surface area contributed by atoms with Gasteiger partial charge in [-0.05, 0) is 31.2 Å². The average molecular weight is 400 g/mol. The van der Waals surface area contributed by atoms with E-state index in [9.17, 15) is 9.59 Å². The van der Waals surface area contributed by atoms with Crippen LogP contribution in [0.15, 0.2) is 41.6 Å². The van der Waals surface area contributed by atoms with Gasteiger partial charge in [0.15, 0.2) is 10.9 Å². The van der Waals surface area contributed by atoms with Crippen LogP contribution in [0.4, 0.5) is 0 Å². The third-order valence-corrected chi connectivity index (χ3v) is 6.22. The molecule has 0 saturated carbocycles. The Morgan fingerprint density at radius 1 is 1.30 bits per heavy atom. The molecule has 0 spiro atoms. The molecule has 0 radical (unpaired) electrons. The van der Waals surface area contributed by atoms with Crippen LogP contribution in [0.1, 0.15) is 28.4 Å². The third-order valence-electron chi connectivity index (χ3n) is 4.07. The molecule has 9 heteroatoms. The normalized spacial score (nSPS) is 12.5. The van der Waals surface area contributed by atoms with Crippen molar-refractivity contribution in [3.05, 3.63) is 46.2 Å². The maximum absolute atomic E-state index is 12.8. The number of rotatable bonds is 6. The number of amides is 1. The molecule has 0 saturated heterocycles. The second kappa shape index (κ2) is 7.16. The van der Waals surface area contributed by atoms with E-state index in [1.807, 2.05) is 47.7 Å². The summed E-state index contributed by atoms with van der Waals surface area (Å²) in [6.07, 6.45) is 0. The fourth-order valence-corrected chi connectivity index (χ4v) is 4.74. The fourth-order valence-electron chi connectivity index (χ4n) is 2.75. The van der Waals surface area contributed by atoms with Crippen molar-refractivity contribution in [3.8, 4) is 0 Å². The number of aromatic nitrogens is 4. The van der Waals surface area contributed by atoms with E-state index >= 15 is 0 Å². The first-order valence-electron chi connectivity index (χ1n) is 8.38. The van der Waals surface area contributed by atoms with Crippen LogP contribution in [0.5, 0.6) is 0 Å². The summed E-state index contributed by atoms with van der Waals surface area (Å²) < 4.78 is 1.93. The van der Waals surface area contributed by atoms with Gasteiger partial charge >= 0.3 is 0 Å². The Morgan fingerprint density at radius 2 is 2.11 bits per heavy atom. The van der Waals surface area contributed by atoms with Gasteiger partial charge in [-0.15, -0.1) is 16.4 Å². The van der Waals surface area contributed by atoms with Crippen molar-refractivity contribution in [2.75, 3.05) is 0 Å². The highest BCUT2D eigenvalue weighted by Crippen LogP contribution is 2.29. The van der Waals surface area contributed by atoms with E-state index in [0.29, 0.717) is 22.4 Å². The zero-order valence-electron chi connectivity index (χ0n) is 14.7. The number of hydrogen-bond acceptors (Lipinski definition) is 6. The minimum Gasteiger partial charge on any atom is -0.351 e. The molecule has 2 N–H and O–H groups in total. The zero-order valence-corrected chi connectivity index (χ0v) is 16.4. The molecule has 3 aromatic heterocycles. The topological polar surface area (TPSA) is 92.1 Å². The first kappa shape index (κ1) is 17.7. The van der Waals surface area contributed by atoms with Crippen LogP contribution in [-0.4, -0.2) is 36.5 Å². The lowest BCUT2D eigenvalue weighted by Gasteiger charge is -2.07. The number of fused-ring (bicyclic) bond motifs is 3. The van der Waals surface area contributed by atoms with Crippen LogP contribution in [0.2, 0.25) is 0 Å². The summed E-state index contributed by atoms with van der Waals surface area (Å²) in [4.78, 5) is 30.0. The van der Waals surface area contributed by atoms with Crippen molar-refractivity contribution in [1.29, 1.82) is 0 Å². The van der Waals surface area contributed by atoms with Crippen LogP contribution in [-0.2, 0) is 11.3 Å². The van der Waals surface area contributed by atoms with Crippen LogP contribution >= 0.6 is 23.1 Å². The maximum Gasteiger partial charge on any atom is 0.231 e. The van der Waals surface area contributed by atoms with E-state index in [1.54, 1.807) is 0 Å². The highest BCUT2D eigenvalue weighted by atomic mass is 32.2. The predicted octanol–water partition coefficient (Wildman–Crippen LogP) is 3.27. The third kappa shape index (κ3) is 3.47. The molecule has 1 aromatic carbocycles. The maximum atomic E-state index is 12.8. The molecular weight excluding hydrogens is 382 g/mol. The molecule has 0 bridgehead atoms. The minimum absolute atomic E-state index is 0.0413. The number of H-pyrrole nitrogens is 1. The first-order valence-corrected chi connectivity index (χ1v) is 10.1. The summed E-state index contributed by atoms with van der Waals surface area (Å²) in [5.41, 5.74) is 1.84. The number of hydrogen-bond donors (Lipinski definition) is 2. The van der Waals surface area contributed by atoms with Crippen molar-refractivity contribution in [1.82, 2.24) is 24.9 Å². The van der Waals surface area contributed by atoms with Gasteiger partial charge in [-0.25, -0.2) is 10.1 Å². The Hall–Kier alpha value is -2.65. The number of nitrogens with one attached hydrogen (secondary N) is 2. The largest absolute Gasteiger partial charge is 0.351 e. The van der Waals surface area contributed by atoms with Gasteiger partial charge in [0.2, 0.25) is 11.7 Å². The van der Waals surface area contributed by atoms with Gasteiger partial charge in [-0.1, -0.05) is 23.9 Å². The summed E-state index contributed by atoms with van der Waals surface area (Å²) in [6.45, 7) is 3.79. The lowest BCUT2D eigenvalue weighted by molar-refractivity contribution is -0.119. The number of imidazole rings is 1. The zero-order chi connectivity index (χ0) is 19.0. The quantitative estimate of drug-likeness (QED) is 0.383. The number of thiophene rings is 1. The second-order valence-electron chi connectivity index (χ2n) is 6.07. The number of carbonyl (C=O) groups excluding carboxylic acids is 2. The monoisotopic (exact) mass is 399 g/mol. The Bertz CT molecular complexity index is 1140. The molecule has 1 atom stereocenters.